The smallest absolute Gasteiger partial charge is 0.267 e. The number of pyridine rings is 1. The predicted octanol–water partition coefficient (Wildman–Crippen LogP) is 2.15. The summed E-state index contributed by atoms with van der Waals surface area (Å²) in [5, 5.41) is 3.88. The van der Waals surface area contributed by atoms with Crippen LogP contribution in [0.15, 0.2) is 53.9 Å². The molecule has 4 nitrogen and oxygen atoms in total. The van der Waals surface area contributed by atoms with Crippen LogP contribution in [0.5, 0.6) is 0 Å². The molecule has 0 atom stereocenters. The van der Waals surface area contributed by atoms with Gasteiger partial charge in [0.25, 0.3) is 5.91 Å². The van der Waals surface area contributed by atoms with Gasteiger partial charge in [-0.3, -0.25) is 9.78 Å². The number of hydrogen-bond donors (Lipinski definition) is 1. The molecule has 0 aliphatic carbocycles. The predicted molar refractivity (Wildman–Crippen MR) is 70.5 cm³/mol. The lowest BCUT2D eigenvalue weighted by Crippen LogP contribution is -2.17. The number of amides is 1. The highest BCUT2D eigenvalue weighted by Crippen LogP contribution is 2.02. The molecule has 4 heteroatoms. The zero-order chi connectivity index (χ0) is 12.8. The molecular weight excluding hydrogens is 226 g/mol. The standard InChI is InChI=1S/C14H13N3O/c1-11-4-6-13(7-5-11)14(18)17-16-10-12-3-2-8-15-9-12/h2-10H,1H3,(H,17,18). The lowest BCUT2D eigenvalue weighted by molar-refractivity contribution is 0.0955. The topological polar surface area (TPSA) is 54.4 Å². The Bertz CT molecular complexity index is 547. The Kier molecular flexibility index (Phi) is 3.81. The van der Waals surface area contributed by atoms with Gasteiger partial charge in [0, 0.05) is 23.5 Å². The van der Waals surface area contributed by atoms with E-state index in [2.05, 4.69) is 15.5 Å². The number of rotatable bonds is 3. The monoisotopic (exact) mass is 239 g/mol. The van der Waals surface area contributed by atoms with Gasteiger partial charge in [0.2, 0.25) is 0 Å². The van der Waals surface area contributed by atoms with E-state index in [9.17, 15) is 4.79 Å². The van der Waals surface area contributed by atoms with Gasteiger partial charge in [0.05, 0.1) is 6.21 Å². The Hall–Kier alpha value is -2.49. The van der Waals surface area contributed by atoms with E-state index in [1.54, 1.807) is 30.7 Å². The molecule has 18 heavy (non-hydrogen) atoms. The number of aryl methyl sites for hydroxylation is 1. The molecule has 0 unspecified atom stereocenters. The molecule has 0 bridgehead atoms. The van der Waals surface area contributed by atoms with Crippen molar-refractivity contribution < 1.29 is 4.79 Å². The van der Waals surface area contributed by atoms with Crippen molar-refractivity contribution >= 4 is 12.1 Å². The molecule has 0 spiro atoms. The summed E-state index contributed by atoms with van der Waals surface area (Å²) in [5.41, 5.74) is 5.01. The highest BCUT2D eigenvalue weighted by atomic mass is 16.2. The van der Waals surface area contributed by atoms with E-state index < -0.39 is 0 Å². The van der Waals surface area contributed by atoms with E-state index in [0.29, 0.717) is 5.56 Å². The second kappa shape index (κ2) is 5.72. The second-order valence-electron chi connectivity index (χ2n) is 3.85. The van der Waals surface area contributed by atoms with Crippen molar-refractivity contribution in [1.29, 1.82) is 0 Å². The summed E-state index contributed by atoms with van der Waals surface area (Å²) in [6.07, 6.45) is 4.91. The van der Waals surface area contributed by atoms with Crippen molar-refractivity contribution in [2.24, 2.45) is 5.10 Å². The van der Waals surface area contributed by atoms with Gasteiger partial charge in [-0.15, -0.1) is 0 Å². The fraction of sp³-hybridized carbons (Fsp3) is 0.0714. The lowest BCUT2D eigenvalue weighted by atomic mass is 10.1. The van der Waals surface area contributed by atoms with Gasteiger partial charge in [-0.2, -0.15) is 5.10 Å². The second-order valence-corrected chi connectivity index (χ2v) is 3.85. The molecule has 0 saturated carbocycles. The summed E-state index contributed by atoms with van der Waals surface area (Å²) in [7, 11) is 0. The number of nitrogens with one attached hydrogen (secondary N) is 1. The van der Waals surface area contributed by atoms with Crippen LogP contribution < -0.4 is 5.43 Å². The fourth-order valence-corrected chi connectivity index (χ4v) is 1.39. The van der Waals surface area contributed by atoms with Crippen molar-refractivity contribution in [2.45, 2.75) is 6.92 Å². The number of hydrazone groups is 1. The molecule has 1 aromatic heterocycles. The van der Waals surface area contributed by atoms with Crippen LogP contribution in [0, 0.1) is 6.92 Å². The largest absolute Gasteiger partial charge is 0.271 e. The minimum Gasteiger partial charge on any atom is -0.267 e. The minimum absolute atomic E-state index is 0.227. The van der Waals surface area contributed by atoms with Crippen LogP contribution in [-0.2, 0) is 0 Å². The van der Waals surface area contributed by atoms with E-state index in [1.165, 1.54) is 0 Å². The number of carbonyl (C=O) groups is 1. The molecule has 0 saturated heterocycles. The van der Waals surface area contributed by atoms with Gasteiger partial charge < -0.3 is 0 Å². The molecule has 1 amide bonds. The molecule has 2 aromatic rings. The maximum absolute atomic E-state index is 11.7. The zero-order valence-corrected chi connectivity index (χ0v) is 10.00. The van der Waals surface area contributed by atoms with Gasteiger partial charge >= 0.3 is 0 Å². The van der Waals surface area contributed by atoms with Crippen molar-refractivity contribution in [1.82, 2.24) is 10.4 Å². The maximum Gasteiger partial charge on any atom is 0.271 e. The number of benzene rings is 1. The molecule has 2 rings (SSSR count). The summed E-state index contributed by atoms with van der Waals surface area (Å²) in [6.45, 7) is 1.97. The van der Waals surface area contributed by atoms with E-state index in [-0.39, 0.29) is 5.91 Å². The van der Waals surface area contributed by atoms with Gasteiger partial charge in [0.15, 0.2) is 0 Å². The number of hydrogen-bond acceptors (Lipinski definition) is 3. The number of nitrogens with zero attached hydrogens (tertiary/aromatic N) is 2. The van der Waals surface area contributed by atoms with Crippen molar-refractivity contribution in [3.05, 3.63) is 65.5 Å². The van der Waals surface area contributed by atoms with E-state index in [1.807, 2.05) is 31.2 Å². The Morgan fingerprint density at radius 3 is 2.72 bits per heavy atom. The van der Waals surface area contributed by atoms with Crippen LogP contribution >= 0.6 is 0 Å². The first-order chi connectivity index (χ1) is 8.75. The fourth-order valence-electron chi connectivity index (χ4n) is 1.39. The van der Waals surface area contributed by atoms with Gasteiger partial charge in [-0.25, -0.2) is 5.43 Å². The van der Waals surface area contributed by atoms with Crippen molar-refractivity contribution in [2.75, 3.05) is 0 Å². The summed E-state index contributed by atoms with van der Waals surface area (Å²) in [5.74, 6) is -0.227. The van der Waals surface area contributed by atoms with Gasteiger partial charge in [-0.1, -0.05) is 23.8 Å². The average molecular weight is 239 g/mol. The molecule has 0 radical (unpaired) electrons. The molecule has 0 aliphatic rings. The highest BCUT2D eigenvalue weighted by molar-refractivity contribution is 5.94. The van der Waals surface area contributed by atoms with Crippen LogP contribution in [0.3, 0.4) is 0 Å². The maximum atomic E-state index is 11.7. The molecule has 0 aliphatic heterocycles. The SMILES string of the molecule is Cc1ccc(C(=O)NN=Cc2cccnc2)cc1. The first kappa shape index (κ1) is 12.0. The number of carbonyl (C=O) groups excluding carboxylic acids is 1. The van der Waals surface area contributed by atoms with E-state index in [0.717, 1.165) is 11.1 Å². The third-order valence-corrected chi connectivity index (χ3v) is 2.38. The molecular formula is C14H13N3O. The summed E-state index contributed by atoms with van der Waals surface area (Å²) in [6, 6.07) is 11.0. The highest BCUT2D eigenvalue weighted by Gasteiger charge is 2.02. The third-order valence-electron chi connectivity index (χ3n) is 2.38. The first-order valence-corrected chi connectivity index (χ1v) is 5.56. The zero-order valence-electron chi connectivity index (χ0n) is 10.00. The summed E-state index contributed by atoms with van der Waals surface area (Å²) >= 11 is 0. The molecule has 1 heterocycles. The van der Waals surface area contributed by atoms with Crippen molar-refractivity contribution in [3.8, 4) is 0 Å². The molecule has 90 valence electrons. The van der Waals surface area contributed by atoms with Crippen LogP contribution in [0.25, 0.3) is 0 Å². The molecule has 1 aromatic carbocycles. The minimum atomic E-state index is -0.227. The Balaban J connectivity index is 1.96. The van der Waals surface area contributed by atoms with Crippen LogP contribution in [0.4, 0.5) is 0 Å². The molecule has 0 fully saturated rings. The molecule has 1 N–H and O–H groups in total. The van der Waals surface area contributed by atoms with Crippen molar-refractivity contribution in [3.63, 3.8) is 0 Å². The normalized spacial score (nSPS) is 10.5. The summed E-state index contributed by atoms with van der Waals surface area (Å²) < 4.78 is 0. The van der Waals surface area contributed by atoms with Crippen LogP contribution in [0.2, 0.25) is 0 Å². The summed E-state index contributed by atoms with van der Waals surface area (Å²) in [4.78, 5) is 15.7. The van der Waals surface area contributed by atoms with Gasteiger partial charge in [-0.05, 0) is 25.1 Å². The van der Waals surface area contributed by atoms with Crippen LogP contribution in [-0.4, -0.2) is 17.1 Å². The quantitative estimate of drug-likeness (QED) is 0.659. The average Bonchev–Trinajstić information content (AvgIpc) is 2.40. The first-order valence-electron chi connectivity index (χ1n) is 5.56. The Morgan fingerprint density at radius 1 is 1.28 bits per heavy atom. The Labute approximate surface area is 105 Å². The number of aromatic nitrogens is 1. The van der Waals surface area contributed by atoms with E-state index >= 15 is 0 Å². The third kappa shape index (κ3) is 3.25. The Morgan fingerprint density at radius 2 is 2.06 bits per heavy atom. The van der Waals surface area contributed by atoms with Gasteiger partial charge in [0.1, 0.15) is 0 Å². The van der Waals surface area contributed by atoms with Crippen LogP contribution in [0.1, 0.15) is 21.5 Å². The lowest BCUT2D eigenvalue weighted by Gasteiger charge is -1.99. The van der Waals surface area contributed by atoms with E-state index in [4.69, 9.17) is 0 Å².